The van der Waals surface area contributed by atoms with Crippen LogP contribution >= 0.6 is 0 Å². The summed E-state index contributed by atoms with van der Waals surface area (Å²) in [5.74, 6) is -0.231. The molecule has 0 spiro atoms. The molecule has 0 atom stereocenters. The van der Waals surface area contributed by atoms with Crippen molar-refractivity contribution in [2.24, 2.45) is 0 Å². The average Bonchev–Trinajstić information content (AvgIpc) is 3.01. The van der Waals surface area contributed by atoms with Gasteiger partial charge in [-0.3, -0.25) is 10.1 Å². The van der Waals surface area contributed by atoms with Gasteiger partial charge in [0.1, 0.15) is 5.69 Å². The maximum Gasteiger partial charge on any atom is 0.276 e. The molecule has 4 N–H and O–H groups in total. The van der Waals surface area contributed by atoms with Gasteiger partial charge >= 0.3 is 0 Å². The fourth-order valence-corrected chi connectivity index (χ4v) is 1.76. The zero-order chi connectivity index (χ0) is 14.7. The first-order chi connectivity index (χ1) is 10.2. The van der Waals surface area contributed by atoms with E-state index in [0.29, 0.717) is 11.4 Å². The quantitative estimate of drug-likeness (QED) is 0.484. The number of rotatable bonds is 3. The molecule has 0 unspecified atom stereocenters. The predicted molar refractivity (Wildman–Crippen MR) is 82.0 cm³/mol. The van der Waals surface area contributed by atoms with Crippen LogP contribution in [-0.2, 0) is 0 Å². The minimum atomic E-state index is -0.397. The molecule has 0 saturated carbocycles. The molecule has 1 aromatic carbocycles. The molecule has 0 fully saturated rings. The van der Waals surface area contributed by atoms with E-state index in [0.717, 1.165) is 5.56 Å². The number of tetrazole rings is 1. The smallest absolute Gasteiger partial charge is 0.276 e. The molecular formula is C13H11N7NaO. The van der Waals surface area contributed by atoms with Crippen LogP contribution in [0.3, 0.4) is 0 Å². The summed E-state index contributed by atoms with van der Waals surface area (Å²) in [6.07, 6.45) is 0. The Morgan fingerprint density at radius 1 is 1.14 bits per heavy atom. The zero-order valence-electron chi connectivity index (χ0n) is 11.8. The van der Waals surface area contributed by atoms with E-state index in [1.54, 1.807) is 24.3 Å². The molecule has 22 heavy (non-hydrogen) atoms. The van der Waals surface area contributed by atoms with Crippen molar-refractivity contribution >= 4 is 47.1 Å². The van der Waals surface area contributed by atoms with Crippen LogP contribution < -0.4 is 11.1 Å². The number of hydrogen-bond donors (Lipinski definition) is 3. The molecule has 1 amide bonds. The Labute approximate surface area is 147 Å². The summed E-state index contributed by atoms with van der Waals surface area (Å²) in [5, 5.41) is 15.3. The molecule has 9 heteroatoms. The monoisotopic (exact) mass is 304 g/mol. The molecule has 0 bridgehead atoms. The number of aromatic nitrogens is 5. The Balaban J connectivity index is 0.00000176. The number of nitrogens with one attached hydrogen (secondary N) is 2. The van der Waals surface area contributed by atoms with Crippen LogP contribution in [0.15, 0.2) is 42.5 Å². The van der Waals surface area contributed by atoms with Crippen molar-refractivity contribution in [3.05, 3.63) is 48.2 Å². The van der Waals surface area contributed by atoms with E-state index in [1.165, 1.54) is 0 Å². The fourth-order valence-electron chi connectivity index (χ4n) is 1.76. The van der Waals surface area contributed by atoms with Crippen LogP contribution in [0, 0.1) is 0 Å². The van der Waals surface area contributed by atoms with Gasteiger partial charge in [0.15, 0.2) is 0 Å². The summed E-state index contributed by atoms with van der Waals surface area (Å²) in [4.78, 5) is 16.4. The van der Waals surface area contributed by atoms with E-state index < -0.39 is 5.91 Å². The van der Waals surface area contributed by atoms with Crippen LogP contribution in [0.25, 0.3) is 11.3 Å². The summed E-state index contributed by atoms with van der Waals surface area (Å²) in [6, 6.07) is 12.4. The Morgan fingerprint density at radius 2 is 1.91 bits per heavy atom. The van der Waals surface area contributed by atoms with Gasteiger partial charge in [0.05, 0.1) is 5.69 Å². The second-order valence-electron chi connectivity index (χ2n) is 4.23. The summed E-state index contributed by atoms with van der Waals surface area (Å²) in [7, 11) is 0. The number of nitrogen functional groups attached to an aromatic ring is 1. The molecule has 0 saturated heterocycles. The molecule has 3 rings (SSSR count). The molecule has 2 heterocycles. The molecule has 8 nitrogen and oxygen atoms in total. The van der Waals surface area contributed by atoms with Crippen molar-refractivity contribution in [2.75, 3.05) is 11.1 Å². The topological polar surface area (TPSA) is 122 Å². The van der Waals surface area contributed by atoms with E-state index in [4.69, 9.17) is 5.73 Å². The van der Waals surface area contributed by atoms with Crippen molar-refractivity contribution < 1.29 is 4.79 Å². The Bertz CT molecular complexity index is 758. The Kier molecular flexibility index (Phi) is 5.21. The summed E-state index contributed by atoms with van der Waals surface area (Å²) in [6.45, 7) is 0. The molecule has 105 valence electrons. The van der Waals surface area contributed by atoms with Crippen molar-refractivity contribution in [1.29, 1.82) is 0 Å². The van der Waals surface area contributed by atoms with Gasteiger partial charge in [0.2, 0.25) is 5.95 Å². The van der Waals surface area contributed by atoms with E-state index in [-0.39, 0.29) is 41.2 Å². The van der Waals surface area contributed by atoms with Crippen molar-refractivity contribution in [2.45, 2.75) is 0 Å². The normalized spacial score (nSPS) is 9.82. The van der Waals surface area contributed by atoms with Crippen LogP contribution in [0.1, 0.15) is 10.5 Å². The number of aromatic amines is 1. The number of amides is 1. The third kappa shape index (κ3) is 3.67. The van der Waals surface area contributed by atoms with Gasteiger partial charge in [-0.15, -0.1) is 0 Å². The van der Waals surface area contributed by atoms with Crippen molar-refractivity contribution in [3.8, 4) is 11.3 Å². The van der Waals surface area contributed by atoms with Crippen LogP contribution in [0.2, 0.25) is 0 Å². The maximum absolute atomic E-state index is 12.0. The average molecular weight is 304 g/mol. The number of H-pyrrole nitrogens is 1. The first-order valence-corrected chi connectivity index (χ1v) is 6.10. The van der Waals surface area contributed by atoms with Gasteiger partial charge in [-0.2, -0.15) is 0 Å². The minimum Gasteiger partial charge on any atom is -0.399 e. The van der Waals surface area contributed by atoms with E-state index in [9.17, 15) is 4.79 Å². The first kappa shape index (κ1) is 16.1. The minimum absolute atomic E-state index is 0. The number of carbonyl (C=O) groups excluding carboxylic acids is 1. The third-order valence-corrected chi connectivity index (χ3v) is 2.77. The van der Waals surface area contributed by atoms with Crippen LogP contribution in [-0.4, -0.2) is 61.1 Å². The number of pyridine rings is 1. The van der Waals surface area contributed by atoms with E-state index >= 15 is 0 Å². The van der Waals surface area contributed by atoms with E-state index in [2.05, 4.69) is 30.9 Å². The van der Waals surface area contributed by atoms with Gasteiger partial charge in [0.25, 0.3) is 5.91 Å². The number of benzene rings is 1. The van der Waals surface area contributed by atoms with Gasteiger partial charge in [0, 0.05) is 40.8 Å². The molecule has 0 aliphatic rings. The Morgan fingerprint density at radius 3 is 2.59 bits per heavy atom. The molecule has 1 radical (unpaired) electrons. The second kappa shape index (κ2) is 7.12. The summed E-state index contributed by atoms with van der Waals surface area (Å²) < 4.78 is 0. The van der Waals surface area contributed by atoms with Gasteiger partial charge in [-0.05, 0) is 34.7 Å². The third-order valence-electron chi connectivity index (χ3n) is 2.77. The molecule has 0 aliphatic heterocycles. The van der Waals surface area contributed by atoms with Gasteiger partial charge in [-0.25, -0.2) is 10.1 Å². The van der Waals surface area contributed by atoms with Crippen LogP contribution in [0.5, 0.6) is 0 Å². The standard InChI is InChI=1S/C13H11N7O.Na/c14-9-6-4-8(5-7-9)10-2-1-3-11(15-10)12(21)16-13-17-19-20-18-13;/h1-7H,14H2,(H2,16,17,18,19,20,21);. The molecule has 3 aromatic rings. The zero-order valence-corrected chi connectivity index (χ0v) is 13.8. The number of anilines is 2. The Hall–Kier alpha value is -2.29. The molecular weight excluding hydrogens is 293 g/mol. The number of carbonyl (C=O) groups is 1. The van der Waals surface area contributed by atoms with Crippen molar-refractivity contribution in [1.82, 2.24) is 25.6 Å². The predicted octanol–water partition coefficient (Wildman–Crippen LogP) is 0.715. The van der Waals surface area contributed by atoms with Gasteiger partial charge < -0.3 is 5.73 Å². The van der Waals surface area contributed by atoms with Gasteiger partial charge in [-0.1, -0.05) is 23.3 Å². The van der Waals surface area contributed by atoms with Crippen LogP contribution in [0.4, 0.5) is 11.6 Å². The maximum atomic E-state index is 12.0. The second-order valence-corrected chi connectivity index (χ2v) is 4.23. The SMILES string of the molecule is Nc1ccc(-c2cccc(C(=O)Nc3nnn[nH]3)n2)cc1.[Na]. The molecule has 2 aromatic heterocycles. The summed E-state index contributed by atoms with van der Waals surface area (Å²) in [5.41, 5.74) is 8.14. The summed E-state index contributed by atoms with van der Waals surface area (Å²) >= 11 is 0. The largest absolute Gasteiger partial charge is 0.399 e. The first-order valence-electron chi connectivity index (χ1n) is 6.10. The number of hydrogen-bond acceptors (Lipinski definition) is 6. The molecule has 0 aliphatic carbocycles. The van der Waals surface area contributed by atoms with E-state index in [1.807, 2.05) is 18.2 Å². The fraction of sp³-hybridized carbons (Fsp3) is 0. The van der Waals surface area contributed by atoms with Crippen molar-refractivity contribution in [3.63, 3.8) is 0 Å². The number of nitrogens with zero attached hydrogens (tertiary/aromatic N) is 4. The number of nitrogens with two attached hydrogens (primary N) is 1.